The van der Waals surface area contributed by atoms with Crippen LogP contribution in [0.1, 0.15) is 11.3 Å². The van der Waals surface area contributed by atoms with Crippen LogP contribution in [0.25, 0.3) is 21.7 Å². The van der Waals surface area contributed by atoms with Gasteiger partial charge in [-0.25, -0.2) is 14.1 Å². The minimum absolute atomic E-state index is 0. The van der Waals surface area contributed by atoms with E-state index in [0.717, 1.165) is 16.6 Å². The van der Waals surface area contributed by atoms with Gasteiger partial charge in [-0.3, -0.25) is 0 Å². The number of hydrogen-bond acceptors (Lipinski definition) is 1. The zero-order valence-electron chi connectivity index (χ0n) is 16.0. The maximum Gasteiger partial charge on any atom is 0.255 e. The summed E-state index contributed by atoms with van der Waals surface area (Å²) in [6.07, 6.45) is 1.96. The van der Waals surface area contributed by atoms with Crippen LogP contribution in [0.3, 0.4) is 0 Å². The molecule has 5 rings (SSSR count). The highest BCUT2D eigenvalue weighted by molar-refractivity contribution is 6.39. The fourth-order valence-electron chi connectivity index (χ4n) is 3.63. The van der Waals surface area contributed by atoms with Crippen LogP contribution < -0.4 is 21.5 Å². The summed E-state index contributed by atoms with van der Waals surface area (Å²) in [4.78, 5) is 4.74. The molecule has 0 saturated carbocycles. The summed E-state index contributed by atoms with van der Waals surface area (Å²) in [7, 11) is 0. The number of pyridine rings is 1. The Balaban J connectivity index is 0.00000218. The second-order valence-electron chi connectivity index (χ2n) is 7.13. The lowest BCUT2D eigenvalue weighted by molar-refractivity contribution is -0.685. The van der Waals surface area contributed by atoms with E-state index in [1.807, 2.05) is 45.8 Å². The Kier molecular flexibility index (Phi) is 6.09. The van der Waals surface area contributed by atoms with Crippen LogP contribution >= 0.6 is 23.2 Å². The molecule has 30 heavy (non-hydrogen) atoms. The Hall–Kier alpha value is -2.40. The number of nitrogens with zero attached hydrogens (tertiary/aromatic N) is 3. The molecule has 0 spiro atoms. The third-order valence-corrected chi connectivity index (χ3v) is 6.00. The zero-order chi connectivity index (χ0) is 19.8. The van der Waals surface area contributed by atoms with Crippen molar-refractivity contribution >= 4 is 44.9 Å². The fraction of sp³-hybridized carbons (Fsp3) is 0.0833. The molecule has 0 amide bonds. The average Bonchev–Trinajstić information content (AvgIpc) is 3.01. The molecule has 5 aromatic rings. The first-order chi connectivity index (χ1) is 14.2. The number of para-hydroxylation sites is 1. The minimum Gasteiger partial charge on any atom is -1.00 e. The number of aromatic nitrogens is 3. The SMILES string of the molecule is Clc1c(Cl)[n+](Cc2ccc3ccccc3c2)cn1Cc1ccc2ccccc2n1.[Br-]. The molecule has 0 unspecified atom stereocenters. The van der Waals surface area contributed by atoms with E-state index in [2.05, 4.69) is 48.5 Å². The van der Waals surface area contributed by atoms with Crippen molar-refractivity contribution < 1.29 is 21.5 Å². The molecule has 0 saturated heterocycles. The third-order valence-electron chi connectivity index (χ3n) is 5.11. The highest BCUT2D eigenvalue weighted by Gasteiger charge is 2.21. The highest BCUT2D eigenvalue weighted by atomic mass is 79.9. The van der Waals surface area contributed by atoms with Gasteiger partial charge in [0.15, 0.2) is 0 Å². The van der Waals surface area contributed by atoms with Gasteiger partial charge in [-0.1, -0.05) is 60.7 Å². The molecule has 0 bridgehead atoms. The Labute approximate surface area is 195 Å². The summed E-state index contributed by atoms with van der Waals surface area (Å²) >= 11 is 13.1. The van der Waals surface area contributed by atoms with Gasteiger partial charge in [0.05, 0.1) is 11.2 Å². The first kappa shape index (κ1) is 20.9. The van der Waals surface area contributed by atoms with Gasteiger partial charge in [0, 0.05) is 5.39 Å². The first-order valence-electron chi connectivity index (χ1n) is 9.43. The van der Waals surface area contributed by atoms with Gasteiger partial charge in [-0.05, 0) is 57.7 Å². The highest BCUT2D eigenvalue weighted by Crippen LogP contribution is 2.22. The minimum atomic E-state index is 0. The van der Waals surface area contributed by atoms with Crippen molar-refractivity contribution in [3.63, 3.8) is 0 Å². The summed E-state index contributed by atoms with van der Waals surface area (Å²) in [5.41, 5.74) is 3.09. The smallest absolute Gasteiger partial charge is 0.255 e. The van der Waals surface area contributed by atoms with E-state index >= 15 is 0 Å². The molecule has 0 N–H and O–H groups in total. The molecule has 150 valence electrons. The zero-order valence-corrected chi connectivity index (χ0v) is 19.1. The number of imidazole rings is 1. The van der Waals surface area contributed by atoms with E-state index in [1.54, 1.807) is 0 Å². The Morgan fingerprint density at radius 2 is 1.50 bits per heavy atom. The van der Waals surface area contributed by atoms with Crippen LogP contribution in [0.5, 0.6) is 0 Å². The molecule has 0 atom stereocenters. The lowest BCUT2D eigenvalue weighted by Crippen LogP contribution is -3.00. The van der Waals surface area contributed by atoms with Gasteiger partial charge in [0.25, 0.3) is 10.3 Å². The predicted octanol–water partition coefficient (Wildman–Crippen LogP) is 2.88. The molecule has 0 aliphatic carbocycles. The topological polar surface area (TPSA) is 21.7 Å². The Morgan fingerprint density at radius 3 is 2.33 bits per heavy atom. The molecule has 3 aromatic carbocycles. The summed E-state index contributed by atoms with van der Waals surface area (Å²) < 4.78 is 3.90. The van der Waals surface area contributed by atoms with Crippen molar-refractivity contribution in [1.82, 2.24) is 9.55 Å². The van der Waals surface area contributed by atoms with Gasteiger partial charge >= 0.3 is 0 Å². The standard InChI is InChI=1S/C24H18Cl2N3.BrH/c25-23-24(26)29(15-21-12-11-19-6-3-4-8-22(19)27-21)16-28(23)14-17-9-10-18-5-1-2-7-20(18)13-17;/h1-13,16H,14-15H2;1H/q+1;/p-1. The molecule has 2 heterocycles. The molecular weight excluding hydrogens is 481 g/mol. The van der Waals surface area contributed by atoms with E-state index in [4.69, 9.17) is 28.2 Å². The molecule has 2 aromatic heterocycles. The fourth-order valence-corrected chi connectivity index (χ4v) is 4.06. The number of fused-ring (bicyclic) bond motifs is 2. The second-order valence-corrected chi connectivity index (χ2v) is 7.85. The van der Waals surface area contributed by atoms with Gasteiger partial charge in [0.1, 0.15) is 13.1 Å². The Morgan fingerprint density at radius 1 is 0.800 bits per heavy atom. The summed E-state index contributed by atoms with van der Waals surface area (Å²) in [6.45, 7) is 1.22. The van der Waals surface area contributed by atoms with E-state index in [0.29, 0.717) is 23.4 Å². The maximum absolute atomic E-state index is 6.53. The van der Waals surface area contributed by atoms with Crippen molar-refractivity contribution in [2.75, 3.05) is 0 Å². The van der Waals surface area contributed by atoms with E-state index in [1.165, 1.54) is 16.3 Å². The average molecular weight is 499 g/mol. The van der Waals surface area contributed by atoms with Crippen LogP contribution in [0, 0.1) is 0 Å². The van der Waals surface area contributed by atoms with Crippen LogP contribution in [0.4, 0.5) is 0 Å². The molecule has 6 heteroatoms. The molecule has 0 fully saturated rings. The number of hydrogen-bond donors (Lipinski definition) is 0. The number of halogens is 3. The lowest BCUT2D eigenvalue weighted by atomic mass is 10.1. The molecule has 0 radical (unpaired) electrons. The monoisotopic (exact) mass is 497 g/mol. The van der Waals surface area contributed by atoms with Gasteiger partial charge in [-0.2, -0.15) is 0 Å². The molecule has 0 aliphatic heterocycles. The third kappa shape index (κ3) is 4.08. The normalized spacial score (nSPS) is 11.0. The van der Waals surface area contributed by atoms with Crippen molar-refractivity contribution in [2.24, 2.45) is 0 Å². The first-order valence-corrected chi connectivity index (χ1v) is 10.2. The summed E-state index contributed by atoms with van der Waals surface area (Å²) in [5, 5.41) is 4.61. The van der Waals surface area contributed by atoms with Crippen LogP contribution in [-0.4, -0.2) is 9.55 Å². The summed E-state index contributed by atoms with van der Waals surface area (Å²) in [6, 6.07) is 27.0. The van der Waals surface area contributed by atoms with Gasteiger partial charge < -0.3 is 17.0 Å². The molecule has 3 nitrogen and oxygen atoms in total. The van der Waals surface area contributed by atoms with E-state index in [-0.39, 0.29) is 17.0 Å². The van der Waals surface area contributed by atoms with Crippen molar-refractivity contribution in [1.29, 1.82) is 0 Å². The summed E-state index contributed by atoms with van der Waals surface area (Å²) in [5.74, 6) is 0. The van der Waals surface area contributed by atoms with Gasteiger partial charge in [-0.15, -0.1) is 0 Å². The van der Waals surface area contributed by atoms with Crippen LogP contribution in [0.15, 0.2) is 85.2 Å². The van der Waals surface area contributed by atoms with Crippen LogP contribution in [-0.2, 0) is 13.1 Å². The second kappa shape index (κ2) is 8.76. The quantitative estimate of drug-likeness (QED) is 0.349. The van der Waals surface area contributed by atoms with Crippen molar-refractivity contribution in [3.05, 3.63) is 107 Å². The molecule has 0 aliphatic rings. The van der Waals surface area contributed by atoms with Gasteiger partial charge in [0.2, 0.25) is 6.33 Å². The lowest BCUT2D eigenvalue weighted by Gasteiger charge is -2.02. The maximum atomic E-state index is 6.53. The van der Waals surface area contributed by atoms with Crippen molar-refractivity contribution in [2.45, 2.75) is 13.1 Å². The van der Waals surface area contributed by atoms with E-state index in [9.17, 15) is 0 Å². The van der Waals surface area contributed by atoms with Crippen molar-refractivity contribution in [3.8, 4) is 0 Å². The Bertz CT molecular complexity index is 1250. The van der Waals surface area contributed by atoms with E-state index < -0.39 is 0 Å². The number of benzene rings is 3. The predicted molar refractivity (Wildman–Crippen MR) is 119 cm³/mol. The molecular formula is C24H18BrCl2N3. The number of rotatable bonds is 4. The van der Waals surface area contributed by atoms with Crippen LogP contribution in [0.2, 0.25) is 10.3 Å². The largest absolute Gasteiger partial charge is 1.00 e.